The minimum absolute atomic E-state index is 0.134. The predicted octanol–water partition coefficient (Wildman–Crippen LogP) is 7.77. The van der Waals surface area contributed by atoms with Crippen molar-refractivity contribution in [1.29, 1.82) is 0 Å². The molecule has 1 amide bonds. The number of nitrogens with zero attached hydrogens (tertiary/aromatic N) is 1. The summed E-state index contributed by atoms with van der Waals surface area (Å²) in [6, 6.07) is 16.7. The number of carbonyl (C=O) groups excluding carboxylic acids is 1. The van der Waals surface area contributed by atoms with Crippen LogP contribution in [0.15, 0.2) is 77.4 Å². The van der Waals surface area contributed by atoms with E-state index in [0.29, 0.717) is 41.8 Å². The fourth-order valence-electron chi connectivity index (χ4n) is 5.35. The van der Waals surface area contributed by atoms with Crippen molar-refractivity contribution in [3.8, 4) is 17.1 Å². The molecule has 0 aliphatic carbocycles. The molecule has 1 spiro atoms. The summed E-state index contributed by atoms with van der Waals surface area (Å²) >= 11 is 0. The number of hydrogen-bond acceptors (Lipinski definition) is 5. The molecular weight excluding hydrogens is 511 g/mol. The van der Waals surface area contributed by atoms with E-state index in [4.69, 9.17) is 13.9 Å². The first-order valence-corrected chi connectivity index (χ1v) is 12.8. The molecule has 0 bridgehead atoms. The molecule has 6 nitrogen and oxygen atoms in total. The van der Waals surface area contributed by atoms with E-state index in [1.54, 1.807) is 23.1 Å². The molecule has 0 N–H and O–H groups in total. The van der Waals surface area contributed by atoms with Crippen molar-refractivity contribution >= 4 is 11.7 Å². The van der Waals surface area contributed by atoms with Crippen LogP contribution < -0.4 is 4.74 Å². The van der Waals surface area contributed by atoms with Gasteiger partial charge in [-0.2, -0.15) is 0 Å². The standard InChI is InChI=1S/C30H30F3NO5/c1-28(2,3)39-27(35)34-15-8-14-29(26(34)20-9-5-4-6-10-20)18-21(19-37-29)24-17-22(38-30(31,32)33)12-13-23(24)25-11-7-16-36-25/h4-7,9-13,16-18,26H,8,14-15,19H2,1-3H3/t26-,29-/m1/s1. The summed E-state index contributed by atoms with van der Waals surface area (Å²) in [6.07, 6.45) is -0.552. The van der Waals surface area contributed by atoms with Gasteiger partial charge >= 0.3 is 12.5 Å². The van der Waals surface area contributed by atoms with Gasteiger partial charge in [-0.1, -0.05) is 30.3 Å². The van der Waals surface area contributed by atoms with Crippen LogP contribution in [0.1, 0.15) is 50.8 Å². The zero-order valence-electron chi connectivity index (χ0n) is 22.0. The molecule has 39 heavy (non-hydrogen) atoms. The van der Waals surface area contributed by atoms with Gasteiger partial charge in [0.2, 0.25) is 0 Å². The molecule has 1 aromatic heterocycles. The Morgan fingerprint density at radius 1 is 1.03 bits per heavy atom. The second-order valence-electron chi connectivity index (χ2n) is 10.7. The third kappa shape index (κ3) is 5.83. The van der Waals surface area contributed by atoms with Gasteiger partial charge in [-0.05, 0) is 86.7 Å². The smallest absolute Gasteiger partial charge is 0.464 e. The van der Waals surface area contributed by atoms with Crippen LogP contribution in [-0.4, -0.2) is 41.7 Å². The molecule has 1 fully saturated rings. The van der Waals surface area contributed by atoms with Crippen molar-refractivity contribution in [3.05, 3.63) is 84.1 Å². The number of halogens is 3. The van der Waals surface area contributed by atoms with E-state index in [2.05, 4.69) is 4.74 Å². The average Bonchev–Trinajstić information content (AvgIpc) is 3.53. The summed E-state index contributed by atoms with van der Waals surface area (Å²) in [5.74, 6) is 0.164. The van der Waals surface area contributed by atoms with Crippen molar-refractivity contribution in [2.75, 3.05) is 13.2 Å². The molecule has 0 radical (unpaired) electrons. The van der Waals surface area contributed by atoms with Crippen molar-refractivity contribution in [1.82, 2.24) is 4.90 Å². The highest BCUT2D eigenvalue weighted by molar-refractivity contribution is 5.82. The Kier molecular flexibility index (Phi) is 6.97. The van der Waals surface area contributed by atoms with Gasteiger partial charge in [-0.3, -0.25) is 4.90 Å². The number of amides is 1. The van der Waals surface area contributed by atoms with Gasteiger partial charge in [0.25, 0.3) is 0 Å². The Morgan fingerprint density at radius 3 is 2.46 bits per heavy atom. The number of benzene rings is 2. The van der Waals surface area contributed by atoms with E-state index in [-0.39, 0.29) is 12.4 Å². The second kappa shape index (κ2) is 10.1. The van der Waals surface area contributed by atoms with E-state index < -0.39 is 29.7 Å². The van der Waals surface area contributed by atoms with E-state index in [1.165, 1.54) is 18.4 Å². The third-order valence-electron chi connectivity index (χ3n) is 6.76. The number of hydrogen-bond donors (Lipinski definition) is 0. The summed E-state index contributed by atoms with van der Waals surface area (Å²) in [6.45, 7) is 6.07. The molecule has 0 saturated carbocycles. The van der Waals surface area contributed by atoms with Crippen molar-refractivity contribution in [2.24, 2.45) is 0 Å². The van der Waals surface area contributed by atoms with E-state index in [0.717, 1.165) is 5.56 Å². The van der Waals surface area contributed by atoms with Gasteiger partial charge in [0, 0.05) is 12.1 Å². The molecule has 2 aliphatic rings. The van der Waals surface area contributed by atoms with Crippen molar-refractivity contribution < 1.29 is 36.6 Å². The Balaban J connectivity index is 1.60. The second-order valence-corrected chi connectivity index (χ2v) is 10.7. The minimum atomic E-state index is -4.83. The van der Waals surface area contributed by atoms with Gasteiger partial charge in [0.1, 0.15) is 22.7 Å². The van der Waals surface area contributed by atoms with Crippen LogP contribution in [0.5, 0.6) is 5.75 Å². The number of alkyl halides is 3. The van der Waals surface area contributed by atoms with Crippen LogP contribution in [0, 0.1) is 0 Å². The Labute approximate surface area is 225 Å². The maximum absolute atomic E-state index is 13.4. The lowest BCUT2D eigenvalue weighted by Gasteiger charge is -2.47. The molecule has 206 valence electrons. The fourth-order valence-corrected chi connectivity index (χ4v) is 5.35. The first-order chi connectivity index (χ1) is 18.4. The predicted molar refractivity (Wildman–Crippen MR) is 139 cm³/mol. The first-order valence-electron chi connectivity index (χ1n) is 12.8. The first kappa shape index (κ1) is 26.9. The van der Waals surface area contributed by atoms with Crippen molar-refractivity contribution in [2.45, 2.75) is 57.2 Å². The van der Waals surface area contributed by atoms with Gasteiger partial charge in [-0.15, -0.1) is 13.2 Å². The molecular formula is C30H30F3NO5. The SMILES string of the molecule is CC(C)(C)OC(=O)N1CCC[C@@]2(C=C(c3cc(OC(F)(F)F)ccc3-c3ccco3)CO2)[C@H]1c1ccccc1. The van der Waals surface area contributed by atoms with Gasteiger partial charge in [-0.25, -0.2) is 4.79 Å². The van der Waals surface area contributed by atoms with E-state index in [1.807, 2.05) is 57.2 Å². The van der Waals surface area contributed by atoms with Crippen LogP contribution in [0.3, 0.4) is 0 Å². The number of rotatable bonds is 4. The Hall–Kier alpha value is -3.72. The normalized spacial score (nSPS) is 21.6. The zero-order chi connectivity index (χ0) is 27.8. The van der Waals surface area contributed by atoms with E-state index >= 15 is 0 Å². The quantitative estimate of drug-likeness (QED) is 0.338. The Morgan fingerprint density at radius 2 is 1.79 bits per heavy atom. The summed E-state index contributed by atoms with van der Waals surface area (Å²) < 4.78 is 61.2. The zero-order valence-corrected chi connectivity index (χ0v) is 22.0. The molecule has 9 heteroatoms. The molecule has 2 aromatic carbocycles. The number of likely N-dealkylation sites (tertiary alicyclic amines) is 1. The van der Waals surface area contributed by atoms with Gasteiger partial charge < -0.3 is 18.6 Å². The van der Waals surface area contributed by atoms with Crippen LogP contribution in [-0.2, 0) is 9.47 Å². The molecule has 1 saturated heterocycles. The molecule has 2 atom stereocenters. The minimum Gasteiger partial charge on any atom is -0.464 e. The highest BCUT2D eigenvalue weighted by Crippen LogP contribution is 2.49. The lowest BCUT2D eigenvalue weighted by Crippen LogP contribution is -2.53. The highest BCUT2D eigenvalue weighted by Gasteiger charge is 2.50. The lowest BCUT2D eigenvalue weighted by molar-refractivity contribution is -0.274. The topological polar surface area (TPSA) is 61.1 Å². The third-order valence-corrected chi connectivity index (χ3v) is 6.76. The molecule has 5 rings (SSSR count). The van der Waals surface area contributed by atoms with Crippen LogP contribution in [0.25, 0.3) is 16.9 Å². The summed E-state index contributed by atoms with van der Waals surface area (Å²) in [5, 5.41) is 0. The van der Waals surface area contributed by atoms with Gasteiger partial charge in [0.05, 0.1) is 18.9 Å². The van der Waals surface area contributed by atoms with Crippen LogP contribution >= 0.6 is 0 Å². The largest absolute Gasteiger partial charge is 0.573 e. The highest BCUT2D eigenvalue weighted by atomic mass is 19.4. The summed E-state index contributed by atoms with van der Waals surface area (Å²) in [4.78, 5) is 15.1. The van der Waals surface area contributed by atoms with Crippen molar-refractivity contribution in [3.63, 3.8) is 0 Å². The number of piperidine rings is 1. The monoisotopic (exact) mass is 541 g/mol. The summed E-state index contributed by atoms with van der Waals surface area (Å²) in [7, 11) is 0. The maximum Gasteiger partial charge on any atom is 0.573 e. The molecule has 3 heterocycles. The number of furan rings is 1. The molecule has 2 aliphatic heterocycles. The average molecular weight is 542 g/mol. The fraction of sp³-hybridized carbons (Fsp3) is 0.367. The lowest BCUT2D eigenvalue weighted by atomic mass is 9.79. The molecule has 3 aromatic rings. The Bertz CT molecular complexity index is 1350. The maximum atomic E-state index is 13.4. The van der Waals surface area contributed by atoms with Crippen LogP contribution in [0.2, 0.25) is 0 Å². The van der Waals surface area contributed by atoms with Gasteiger partial charge in [0.15, 0.2) is 0 Å². The number of ether oxygens (including phenoxy) is 3. The molecule has 0 unspecified atom stereocenters. The summed E-state index contributed by atoms with van der Waals surface area (Å²) in [5.41, 5.74) is 1.08. The van der Waals surface area contributed by atoms with E-state index in [9.17, 15) is 18.0 Å². The van der Waals surface area contributed by atoms with Crippen LogP contribution in [0.4, 0.5) is 18.0 Å². The number of carbonyl (C=O) groups is 1.